The topological polar surface area (TPSA) is 88.3 Å². The first-order chi connectivity index (χ1) is 13.6. The lowest BCUT2D eigenvalue weighted by molar-refractivity contribution is -0.121. The summed E-state index contributed by atoms with van der Waals surface area (Å²) in [7, 11) is 3.26. The Morgan fingerprint density at radius 2 is 1.93 bits per heavy atom. The Balaban J connectivity index is 1.54. The highest BCUT2D eigenvalue weighted by Gasteiger charge is 2.16. The summed E-state index contributed by atoms with van der Waals surface area (Å²) in [5.41, 5.74) is 2.66. The predicted octanol–water partition coefficient (Wildman–Crippen LogP) is 3.13. The van der Waals surface area contributed by atoms with E-state index in [1.54, 1.807) is 14.2 Å². The molecular weight excluding hydrogens is 356 g/mol. The summed E-state index contributed by atoms with van der Waals surface area (Å²) in [6.07, 6.45) is 1.30. The molecule has 3 N–H and O–H groups in total. The van der Waals surface area contributed by atoms with Gasteiger partial charge in [-0.15, -0.1) is 0 Å². The molecule has 0 radical (unpaired) electrons. The average Bonchev–Trinajstić information content (AvgIpc) is 3.13. The molecule has 7 heteroatoms. The van der Waals surface area contributed by atoms with E-state index >= 15 is 0 Å². The van der Waals surface area contributed by atoms with Crippen molar-refractivity contribution < 1.29 is 14.3 Å². The maximum absolute atomic E-state index is 12.5. The maximum atomic E-state index is 12.5. The van der Waals surface area contributed by atoms with Crippen molar-refractivity contribution in [2.75, 3.05) is 26.1 Å². The van der Waals surface area contributed by atoms with Crippen LogP contribution in [0.3, 0.4) is 0 Å². The molecule has 1 heterocycles. The summed E-state index contributed by atoms with van der Waals surface area (Å²) in [4.78, 5) is 20.3. The SMILES string of the molecule is CC[C@@H](Nc1cccc(OC)c1)C(=O)NCCc1nc2ccc(OC)cc2[nH]1. The number of aromatic amines is 1. The number of carbonyl (C=O) groups excluding carboxylic acids is 1. The lowest BCUT2D eigenvalue weighted by Gasteiger charge is -2.18. The summed E-state index contributed by atoms with van der Waals surface area (Å²) in [6, 6.07) is 12.9. The number of carbonyl (C=O) groups is 1. The van der Waals surface area contributed by atoms with Gasteiger partial charge in [-0.1, -0.05) is 13.0 Å². The highest BCUT2D eigenvalue weighted by atomic mass is 16.5. The average molecular weight is 382 g/mol. The van der Waals surface area contributed by atoms with Crippen molar-refractivity contribution in [3.63, 3.8) is 0 Å². The highest BCUT2D eigenvalue weighted by molar-refractivity contribution is 5.84. The minimum absolute atomic E-state index is 0.0388. The smallest absolute Gasteiger partial charge is 0.242 e. The molecule has 0 aliphatic rings. The van der Waals surface area contributed by atoms with Crippen LogP contribution in [0, 0.1) is 0 Å². The number of H-pyrrole nitrogens is 1. The number of hydrogen-bond acceptors (Lipinski definition) is 5. The van der Waals surface area contributed by atoms with Crippen LogP contribution in [0.2, 0.25) is 0 Å². The zero-order chi connectivity index (χ0) is 19.9. The van der Waals surface area contributed by atoms with Gasteiger partial charge in [0.15, 0.2) is 0 Å². The fraction of sp³-hybridized carbons (Fsp3) is 0.333. The zero-order valence-corrected chi connectivity index (χ0v) is 16.4. The third-order valence-corrected chi connectivity index (χ3v) is 4.53. The summed E-state index contributed by atoms with van der Waals surface area (Å²) in [5, 5.41) is 6.24. The van der Waals surface area contributed by atoms with E-state index in [0.29, 0.717) is 19.4 Å². The third kappa shape index (κ3) is 4.73. The van der Waals surface area contributed by atoms with E-state index in [9.17, 15) is 4.79 Å². The molecule has 1 aromatic heterocycles. The molecule has 0 unspecified atom stereocenters. The van der Waals surface area contributed by atoms with Gasteiger partial charge in [0.1, 0.15) is 23.4 Å². The number of fused-ring (bicyclic) bond motifs is 1. The molecule has 0 bridgehead atoms. The summed E-state index contributed by atoms with van der Waals surface area (Å²) in [6.45, 7) is 2.48. The number of benzene rings is 2. The Labute approximate surface area is 164 Å². The van der Waals surface area contributed by atoms with Crippen LogP contribution >= 0.6 is 0 Å². The number of nitrogens with zero attached hydrogens (tertiary/aromatic N) is 1. The van der Waals surface area contributed by atoms with Crippen molar-refractivity contribution in [2.24, 2.45) is 0 Å². The van der Waals surface area contributed by atoms with Crippen molar-refractivity contribution in [1.82, 2.24) is 15.3 Å². The molecule has 7 nitrogen and oxygen atoms in total. The van der Waals surface area contributed by atoms with Gasteiger partial charge in [0.2, 0.25) is 5.91 Å². The molecule has 28 heavy (non-hydrogen) atoms. The number of aromatic nitrogens is 2. The number of anilines is 1. The molecule has 0 aliphatic heterocycles. The van der Waals surface area contributed by atoms with Gasteiger partial charge in [0.05, 0.1) is 25.3 Å². The van der Waals surface area contributed by atoms with E-state index < -0.39 is 0 Å². The van der Waals surface area contributed by atoms with E-state index in [0.717, 1.165) is 34.0 Å². The van der Waals surface area contributed by atoms with E-state index in [1.165, 1.54) is 0 Å². The lowest BCUT2D eigenvalue weighted by atomic mass is 10.2. The van der Waals surface area contributed by atoms with Crippen molar-refractivity contribution >= 4 is 22.6 Å². The highest BCUT2D eigenvalue weighted by Crippen LogP contribution is 2.19. The van der Waals surface area contributed by atoms with Crippen LogP contribution in [-0.4, -0.2) is 42.7 Å². The first-order valence-electron chi connectivity index (χ1n) is 9.34. The van der Waals surface area contributed by atoms with Crippen LogP contribution in [0.1, 0.15) is 19.2 Å². The molecule has 148 valence electrons. The van der Waals surface area contributed by atoms with E-state index in [-0.39, 0.29) is 11.9 Å². The molecule has 0 saturated carbocycles. The van der Waals surface area contributed by atoms with Gasteiger partial charge >= 0.3 is 0 Å². The summed E-state index contributed by atoms with van der Waals surface area (Å²) >= 11 is 0. The van der Waals surface area contributed by atoms with Gasteiger partial charge in [-0.05, 0) is 30.7 Å². The van der Waals surface area contributed by atoms with Crippen LogP contribution in [-0.2, 0) is 11.2 Å². The molecule has 0 aliphatic carbocycles. The molecule has 0 saturated heterocycles. The molecule has 3 rings (SSSR count). The monoisotopic (exact) mass is 382 g/mol. The van der Waals surface area contributed by atoms with E-state index in [2.05, 4.69) is 20.6 Å². The first kappa shape index (κ1) is 19.5. The Hall–Kier alpha value is -3.22. The molecular formula is C21H26N4O3. The van der Waals surface area contributed by atoms with Gasteiger partial charge in [-0.25, -0.2) is 4.98 Å². The fourth-order valence-corrected chi connectivity index (χ4v) is 2.98. The number of nitrogens with one attached hydrogen (secondary N) is 3. The van der Waals surface area contributed by atoms with E-state index in [1.807, 2.05) is 49.4 Å². The van der Waals surface area contributed by atoms with Gasteiger partial charge in [0.25, 0.3) is 0 Å². The van der Waals surface area contributed by atoms with Gasteiger partial charge in [0, 0.05) is 30.8 Å². The molecule has 3 aromatic rings. The number of imidazole rings is 1. The molecule has 2 aromatic carbocycles. The maximum Gasteiger partial charge on any atom is 0.242 e. The number of hydrogen-bond donors (Lipinski definition) is 3. The number of rotatable bonds is 9. The second-order valence-corrected chi connectivity index (χ2v) is 6.44. The van der Waals surface area contributed by atoms with Crippen LogP contribution in [0.15, 0.2) is 42.5 Å². The zero-order valence-electron chi connectivity index (χ0n) is 16.4. The lowest BCUT2D eigenvalue weighted by Crippen LogP contribution is -2.40. The van der Waals surface area contributed by atoms with Crippen molar-refractivity contribution in [2.45, 2.75) is 25.8 Å². The number of amides is 1. The molecule has 0 fully saturated rings. The molecule has 0 spiro atoms. The Morgan fingerprint density at radius 1 is 1.14 bits per heavy atom. The Kier molecular flexibility index (Phi) is 6.37. The summed E-state index contributed by atoms with van der Waals surface area (Å²) in [5.74, 6) is 2.33. The minimum atomic E-state index is -0.313. The van der Waals surface area contributed by atoms with Crippen LogP contribution in [0.25, 0.3) is 11.0 Å². The van der Waals surface area contributed by atoms with Crippen molar-refractivity contribution in [3.8, 4) is 11.5 Å². The number of methoxy groups -OCH3 is 2. The van der Waals surface area contributed by atoms with Gasteiger partial charge in [-0.2, -0.15) is 0 Å². The number of ether oxygens (including phenoxy) is 2. The van der Waals surface area contributed by atoms with Crippen LogP contribution in [0.5, 0.6) is 11.5 Å². The van der Waals surface area contributed by atoms with E-state index in [4.69, 9.17) is 9.47 Å². The normalized spacial score (nSPS) is 11.8. The molecule has 1 amide bonds. The Morgan fingerprint density at radius 3 is 2.68 bits per heavy atom. The second kappa shape index (κ2) is 9.12. The first-order valence-corrected chi connectivity index (χ1v) is 9.34. The van der Waals surface area contributed by atoms with Crippen LogP contribution < -0.4 is 20.1 Å². The second-order valence-electron chi connectivity index (χ2n) is 6.44. The largest absolute Gasteiger partial charge is 0.497 e. The predicted molar refractivity (Wildman–Crippen MR) is 110 cm³/mol. The van der Waals surface area contributed by atoms with Gasteiger partial charge in [-0.3, -0.25) is 4.79 Å². The van der Waals surface area contributed by atoms with Gasteiger partial charge < -0.3 is 25.1 Å². The fourth-order valence-electron chi connectivity index (χ4n) is 2.98. The summed E-state index contributed by atoms with van der Waals surface area (Å²) < 4.78 is 10.5. The van der Waals surface area contributed by atoms with Crippen molar-refractivity contribution in [1.29, 1.82) is 0 Å². The van der Waals surface area contributed by atoms with Crippen LogP contribution in [0.4, 0.5) is 5.69 Å². The quantitative estimate of drug-likeness (QED) is 0.529. The molecule has 1 atom stereocenters. The standard InChI is InChI=1S/C21H26N4O3/c1-4-17(23-14-6-5-7-15(12-14)27-2)21(26)22-11-10-20-24-18-9-8-16(28-3)13-19(18)25-20/h5-9,12-13,17,23H,4,10-11H2,1-3H3,(H,22,26)(H,24,25)/t17-/m1/s1. The minimum Gasteiger partial charge on any atom is -0.497 e. The Bertz CT molecular complexity index is 938. The third-order valence-electron chi connectivity index (χ3n) is 4.53. The van der Waals surface area contributed by atoms with Crippen molar-refractivity contribution in [3.05, 3.63) is 48.3 Å².